The molecule has 6 heteroatoms. The van der Waals surface area contributed by atoms with Crippen LogP contribution < -0.4 is 10.6 Å². The van der Waals surface area contributed by atoms with Gasteiger partial charge in [0.25, 0.3) is 0 Å². The lowest BCUT2D eigenvalue weighted by Crippen LogP contribution is -2.33. The second-order valence-corrected chi connectivity index (χ2v) is 7.02. The zero-order valence-corrected chi connectivity index (χ0v) is 13.4. The first-order chi connectivity index (χ1) is 10.1. The Morgan fingerprint density at radius 2 is 2.05 bits per heavy atom. The van der Waals surface area contributed by atoms with Crippen molar-refractivity contribution in [3.63, 3.8) is 0 Å². The first-order valence-electron chi connectivity index (χ1n) is 7.58. The SMILES string of the molecule is CCNc1nc(NCC2(O)CCCC2)c2cc(C)sc2n1. The summed E-state index contributed by atoms with van der Waals surface area (Å²) in [6.45, 7) is 5.45. The van der Waals surface area contributed by atoms with E-state index in [4.69, 9.17) is 0 Å². The predicted molar refractivity (Wildman–Crippen MR) is 88.2 cm³/mol. The van der Waals surface area contributed by atoms with Gasteiger partial charge in [0.1, 0.15) is 10.6 Å². The molecule has 0 amide bonds. The quantitative estimate of drug-likeness (QED) is 0.791. The van der Waals surface area contributed by atoms with E-state index < -0.39 is 5.60 Å². The average molecular weight is 306 g/mol. The summed E-state index contributed by atoms with van der Waals surface area (Å²) >= 11 is 1.67. The Hall–Kier alpha value is -1.40. The number of hydrogen-bond donors (Lipinski definition) is 3. The lowest BCUT2D eigenvalue weighted by Gasteiger charge is -2.23. The molecule has 0 atom stereocenters. The van der Waals surface area contributed by atoms with Gasteiger partial charge in [-0.15, -0.1) is 11.3 Å². The van der Waals surface area contributed by atoms with Gasteiger partial charge in [0.15, 0.2) is 0 Å². The zero-order valence-electron chi connectivity index (χ0n) is 12.6. The number of aliphatic hydroxyl groups is 1. The van der Waals surface area contributed by atoms with E-state index in [1.165, 1.54) is 4.88 Å². The summed E-state index contributed by atoms with van der Waals surface area (Å²) in [5, 5.41) is 18.0. The number of rotatable bonds is 5. The normalized spacial score (nSPS) is 17.3. The summed E-state index contributed by atoms with van der Waals surface area (Å²) < 4.78 is 0. The molecular formula is C15H22N4OS. The summed E-state index contributed by atoms with van der Waals surface area (Å²) in [6.07, 6.45) is 3.96. The van der Waals surface area contributed by atoms with Gasteiger partial charge in [0, 0.05) is 18.0 Å². The molecule has 0 saturated heterocycles. The minimum Gasteiger partial charge on any atom is -0.388 e. The molecule has 0 aliphatic heterocycles. The summed E-state index contributed by atoms with van der Waals surface area (Å²) in [7, 11) is 0. The molecule has 5 nitrogen and oxygen atoms in total. The van der Waals surface area contributed by atoms with Crippen LogP contribution in [0.3, 0.4) is 0 Å². The molecule has 114 valence electrons. The highest BCUT2D eigenvalue weighted by atomic mass is 32.1. The van der Waals surface area contributed by atoms with Gasteiger partial charge in [-0.25, -0.2) is 4.98 Å². The van der Waals surface area contributed by atoms with Gasteiger partial charge >= 0.3 is 0 Å². The molecule has 21 heavy (non-hydrogen) atoms. The molecule has 3 N–H and O–H groups in total. The first kappa shape index (κ1) is 14.5. The van der Waals surface area contributed by atoms with Crippen molar-refractivity contribution >= 4 is 33.3 Å². The Bertz CT molecular complexity index is 634. The Morgan fingerprint density at radius 1 is 1.29 bits per heavy atom. The van der Waals surface area contributed by atoms with Crippen molar-refractivity contribution < 1.29 is 5.11 Å². The number of thiophene rings is 1. The van der Waals surface area contributed by atoms with Crippen LogP contribution >= 0.6 is 11.3 Å². The van der Waals surface area contributed by atoms with Crippen LogP contribution in [0, 0.1) is 6.92 Å². The Balaban J connectivity index is 1.88. The maximum atomic E-state index is 10.5. The van der Waals surface area contributed by atoms with Crippen LogP contribution in [0.1, 0.15) is 37.5 Å². The zero-order chi connectivity index (χ0) is 14.9. The predicted octanol–water partition coefficient (Wildman–Crippen LogP) is 3.15. The highest BCUT2D eigenvalue weighted by molar-refractivity contribution is 7.18. The third-order valence-electron chi connectivity index (χ3n) is 3.97. The molecule has 2 aromatic rings. The first-order valence-corrected chi connectivity index (χ1v) is 8.40. The molecule has 1 saturated carbocycles. The van der Waals surface area contributed by atoms with E-state index in [0.29, 0.717) is 12.5 Å². The van der Waals surface area contributed by atoms with Crippen molar-refractivity contribution in [2.75, 3.05) is 23.7 Å². The maximum absolute atomic E-state index is 10.5. The molecule has 1 fully saturated rings. The molecule has 3 rings (SSSR count). The van der Waals surface area contributed by atoms with Gasteiger partial charge < -0.3 is 15.7 Å². The summed E-state index contributed by atoms with van der Waals surface area (Å²) in [6, 6.07) is 2.11. The summed E-state index contributed by atoms with van der Waals surface area (Å²) in [4.78, 5) is 11.3. The van der Waals surface area contributed by atoms with Crippen LogP contribution in [0.2, 0.25) is 0 Å². The molecule has 1 aliphatic rings. The molecular weight excluding hydrogens is 284 g/mol. The van der Waals surface area contributed by atoms with Crippen molar-refractivity contribution in [3.05, 3.63) is 10.9 Å². The number of hydrogen-bond acceptors (Lipinski definition) is 6. The topological polar surface area (TPSA) is 70.1 Å². The molecule has 0 unspecified atom stereocenters. The highest BCUT2D eigenvalue weighted by Crippen LogP contribution is 2.32. The van der Waals surface area contributed by atoms with E-state index in [1.807, 2.05) is 6.92 Å². The van der Waals surface area contributed by atoms with Gasteiger partial charge in [-0.1, -0.05) is 12.8 Å². The Kier molecular flexibility index (Phi) is 3.99. The van der Waals surface area contributed by atoms with Gasteiger partial charge in [-0.3, -0.25) is 0 Å². The van der Waals surface area contributed by atoms with Crippen LogP contribution in [-0.2, 0) is 0 Å². The van der Waals surface area contributed by atoms with E-state index in [1.54, 1.807) is 11.3 Å². The molecule has 0 aromatic carbocycles. The number of aromatic nitrogens is 2. The van der Waals surface area contributed by atoms with E-state index in [-0.39, 0.29) is 0 Å². The smallest absolute Gasteiger partial charge is 0.226 e. The number of nitrogens with zero attached hydrogens (tertiary/aromatic N) is 2. The van der Waals surface area contributed by atoms with Crippen molar-refractivity contribution in [2.24, 2.45) is 0 Å². The fourth-order valence-electron chi connectivity index (χ4n) is 2.87. The maximum Gasteiger partial charge on any atom is 0.226 e. The lowest BCUT2D eigenvalue weighted by atomic mass is 10.0. The van der Waals surface area contributed by atoms with Crippen molar-refractivity contribution in [3.8, 4) is 0 Å². The second kappa shape index (κ2) is 5.77. The van der Waals surface area contributed by atoms with Crippen LogP contribution in [-0.4, -0.2) is 33.8 Å². The van der Waals surface area contributed by atoms with Crippen LogP contribution in [0.25, 0.3) is 10.2 Å². The summed E-state index contributed by atoms with van der Waals surface area (Å²) in [5.74, 6) is 1.47. The fourth-order valence-corrected chi connectivity index (χ4v) is 3.75. The standard InChI is InChI=1S/C15H22N4OS/c1-3-16-14-18-12(11-8-10(2)21-13(11)19-14)17-9-15(20)6-4-5-7-15/h8,20H,3-7,9H2,1-2H3,(H2,16,17,18,19). The van der Waals surface area contributed by atoms with E-state index >= 15 is 0 Å². The molecule has 1 aliphatic carbocycles. The minimum atomic E-state index is -0.583. The van der Waals surface area contributed by atoms with E-state index in [2.05, 4.69) is 33.6 Å². The van der Waals surface area contributed by atoms with Crippen LogP contribution in [0.4, 0.5) is 11.8 Å². The van der Waals surface area contributed by atoms with Crippen molar-refractivity contribution in [1.29, 1.82) is 0 Å². The van der Waals surface area contributed by atoms with Gasteiger partial charge in [0.2, 0.25) is 5.95 Å². The summed E-state index contributed by atoms with van der Waals surface area (Å²) in [5.41, 5.74) is -0.583. The number of fused-ring (bicyclic) bond motifs is 1. The third-order valence-corrected chi connectivity index (χ3v) is 4.91. The van der Waals surface area contributed by atoms with Gasteiger partial charge in [-0.2, -0.15) is 4.98 Å². The number of nitrogens with one attached hydrogen (secondary N) is 2. The molecule has 2 heterocycles. The molecule has 0 bridgehead atoms. The molecule has 2 aromatic heterocycles. The third kappa shape index (κ3) is 3.11. The Morgan fingerprint density at radius 3 is 2.76 bits per heavy atom. The van der Waals surface area contributed by atoms with Crippen molar-refractivity contribution in [1.82, 2.24) is 9.97 Å². The number of anilines is 2. The average Bonchev–Trinajstić information content (AvgIpc) is 3.02. The number of aryl methyl sites for hydroxylation is 1. The van der Waals surface area contributed by atoms with Crippen molar-refractivity contribution in [2.45, 2.75) is 45.1 Å². The van der Waals surface area contributed by atoms with Crippen LogP contribution in [0.5, 0.6) is 0 Å². The van der Waals surface area contributed by atoms with Gasteiger partial charge in [-0.05, 0) is 32.8 Å². The lowest BCUT2D eigenvalue weighted by molar-refractivity contribution is 0.0614. The molecule has 0 spiro atoms. The molecule has 0 radical (unpaired) electrons. The van der Waals surface area contributed by atoms with E-state index in [9.17, 15) is 5.11 Å². The monoisotopic (exact) mass is 306 g/mol. The van der Waals surface area contributed by atoms with E-state index in [0.717, 1.165) is 48.3 Å². The van der Waals surface area contributed by atoms with Crippen LogP contribution in [0.15, 0.2) is 6.07 Å². The largest absolute Gasteiger partial charge is 0.388 e. The fraction of sp³-hybridized carbons (Fsp3) is 0.600. The van der Waals surface area contributed by atoms with Gasteiger partial charge in [0.05, 0.1) is 11.0 Å². The minimum absolute atomic E-state index is 0.555. The second-order valence-electron chi connectivity index (χ2n) is 5.79. The highest BCUT2D eigenvalue weighted by Gasteiger charge is 2.31. The Labute approximate surface area is 128 Å².